The van der Waals surface area contributed by atoms with E-state index in [9.17, 15) is 4.79 Å². The molecular formula is C22H23N5O. The standard InChI is InChI=1S/C22H23N5O/c1-14-6-8-17(9-7-14)12-25-22(28)27-16(3)20(15(2)26-27)11-18-13-24-21-19(18)5-4-10-23-21/h4-10,13H,11-12H2,1-3H3,(H,23,24)(H,25,28). The first-order chi connectivity index (χ1) is 13.5. The lowest BCUT2D eigenvalue weighted by molar-refractivity contribution is 0.238. The molecule has 1 amide bonds. The highest BCUT2D eigenvalue weighted by molar-refractivity contribution is 5.80. The van der Waals surface area contributed by atoms with E-state index in [0.29, 0.717) is 13.0 Å². The Labute approximate surface area is 163 Å². The number of hydrogen-bond acceptors (Lipinski definition) is 3. The van der Waals surface area contributed by atoms with Crippen LogP contribution in [0.4, 0.5) is 4.79 Å². The van der Waals surface area contributed by atoms with Crippen LogP contribution in [0, 0.1) is 20.8 Å². The fraction of sp³-hybridized carbons (Fsp3) is 0.227. The van der Waals surface area contributed by atoms with Crippen molar-refractivity contribution in [3.05, 3.63) is 82.4 Å². The molecule has 3 heterocycles. The van der Waals surface area contributed by atoms with Crippen LogP contribution < -0.4 is 5.32 Å². The van der Waals surface area contributed by atoms with Crippen LogP contribution >= 0.6 is 0 Å². The van der Waals surface area contributed by atoms with Gasteiger partial charge in [-0.3, -0.25) is 0 Å². The first kappa shape index (κ1) is 18.0. The number of amides is 1. The Hall–Kier alpha value is -3.41. The summed E-state index contributed by atoms with van der Waals surface area (Å²) in [6.07, 6.45) is 4.45. The Bertz CT molecular complexity index is 1140. The molecule has 142 valence electrons. The lowest BCUT2D eigenvalue weighted by atomic mass is 10.0. The molecule has 6 nitrogen and oxygen atoms in total. The monoisotopic (exact) mass is 373 g/mol. The fourth-order valence-corrected chi connectivity index (χ4v) is 3.44. The minimum Gasteiger partial charge on any atom is -0.346 e. The summed E-state index contributed by atoms with van der Waals surface area (Å²) < 4.78 is 1.46. The number of hydrogen-bond donors (Lipinski definition) is 2. The van der Waals surface area contributed by atoms with E-state index in [-0.39, 0.29) is 6.03 Å². The Morgan fingerprint density at radius 2 is 1.93 bits per heavy atom. The van der Waals surface area contributed by atoms with Gasteiger partial charge in [-0.1, -0.05) is 29.8 Å². The summed E-state index contributed by atoms with van der Waals surface area (Å²) in [5.74, 6) is 0. The van der Waals surface area contributed by atoms with Crippen LogP contribution in [0.15, 0.2) is 48.8 Å². The summed E-state index contributed by atoms with van der Waals surface area (Å²) in [7, 11) is 0. The number of aryl methyl sites for hydroxylation is 2. The number of nitrogens with one attached hydrogen (secondary N) is 2. The maximum atomic E-state index is 12.7. The van der Waals surface area contributed by atoms with Crippen LogP contribution in [0.3, 0.4) is 0 Å². The molecule has 0 aliphatic heterocycles. The number of H-pyrrole nitrogens is 1. The van der Waals surface area contributed by atoms with Crippen LogP contribution in [-0.4, -0.2) is 25.8 Å². The molecule has 0 aliphatic rings. The average Bonchev–Trinajstić information content (AvgIpc) is 3.23. The van der Waals surface area contributed by atoms with E-state index in [1.54, 1.807) is 6.20 Å². The van der Waals surface area contributed by atoms with Crippen LogP contribution in [0.1, 0.15) is 33.6 Å². The molecule has 0 fully saturated rings. The smallest absolute Gasteiger partial charge is 0.342 e. The molecule has 0 bridgehead atoms. The summed E-state index contributed by atoms with van der Waals surface area (Å²) >= 11 is 0. The molecule has 3 aromatic heterocycles. The van der Waals surface area contributed by atoms with Crippen LogP contribution in [0.5, 0.6) is 0 Å². The molecule has 6 heteroatoms. The third kappa shape index (κ3) is 3.41. The van der Waals surface area contributed by atoms with E-state index in [4.69, 9.17) is 0 Å². The summed E-state index contributed by atoms with van der Waals surface area (Å²) in [5, 5.41) is 8.52. The number of fused-ring (bicyclic) bond motifs is 1. The Balaban J connectivity index is 1.53. The van der Waals surface area contributed by atoms with Crippen molar-refractivity contribution in [1.29, 1.82) is 0 Å². The predicted octanol–water partition coefficient (Wildman–Crippen LogP) is 4.03. The second kappa shape index (κ2) is 7.31. The zero-order valence-corrected chi connectivity index (χ0v) is 16.3. The molecule has 1 aromatic carbocycles. The molecule has 0 saturated heterocycles. The van der Waals surface area contributed by atoms with E-state index in [0.717, 1.165) is 39.1 Å². The number of nitrogens with zero attached hydrogens (tertiary/aromatic N) is 3. The van der Waals surface area contributed by atoms with Crippen molar-refractivity contribution in [2.75, 3.05) is 0 Å². The van der Waals surface area contributed by atoms with Crippen molar-refractivity contribution in [3.63, 3.8) is 0 Å². The van der Waals surface area contributed by atoms with E-state index in [1.807, 2.05) is 57.3 Å². The highest BCUT2D eigenvalue weighted by Gasteiger charge is 2.18. The molecule has 2 N–H and O–H groups in total. The van der Waals surface area contributed by atoms with E-state index in [2.05, 4.69) is 26.4 Å². The number of rotatable bonds is 4. The van der Waals surface area contributed by atoms with Crippen LogP contribution in [0.25, 0.3) is 11.0 Å². The van der Waals surface area contributed by atoms with Gasteiger partial charge in [0.05, 0.1) is 5.69 Å². The van der Waals surface area contributed by atoms with Gasteiger partial charge in [0, 0.05) is 42.0 Å². The van der Waals surface area contributed by atoms with Gasteiger partial charge < -0.3 is 10.3 Å². The lowest BCUT2D eigenvalue weighted by Crippen LogP contribution is -2.29. The van der Waals surface area contributed by atoms with Gasteiger partial charge in [0.15, 0.2) is 0 Å². The number of pyridine rings is 1. The zero-order valence-electron chi connectivity index (χ0n) is 16.3. The minimum atomic E-state index is -0.215. The third-order valence-electron chi connectivity index (χ3n) is 5.10. The van der Waals surface area contributed by atoms with Crippen molar-refractivity contribution < 1.29 is 4.79 Å². The number of carbonyl (C=O) groups excluding carboxylic acids is 1. The Kier molecular flexibility index (Phi) is 4.69. The van der Waals surface area contributed by atoms with Gasteiger partial charge in [-0.05, 0) is 44.0 Å². The highest BCUT2D eigenvalue weighted by atomic mass is 16.2. The minimum absolute atomic E-state index is 0.215. The lowest BCUT2D eigenvalue weighted by Gasteiger charge is -2.07. The first-order valence-corrected chi connectivity index (χ1v) is 9.33. The van der Waals surface area contributed by atoms with Gasteiger partial charge in [0.25, 0.3) is 0 Å². The molecule has 0 radical (unpaired) electrons. The first-order valence-electron chi connectivity index (χ1n) is 9.33. The van der Waals surface area contributed by atoms with Crippen LogP contribution in [-0.2, 0) is 13.0 Å². The van der Waals surface area contributed by atoms with Gasteiger partial charge in [0.2, 0.25) is 0 Å². The molecule has 0 aliphatic carbocycles. The highest BCUT2D eigenvalue weighted by Crippen LogP contribution is 2.23. The topological polar surface area (TPSA) is 75.6 Å². The van der Waals surface area contributed by atoms with Crippen molar-refractivity contribution in [3.8, 4) is 0 Å². The maximum Gasteiger partial charge on any atom is 0.342 e. The zero-order chi connectivity index (χ0) is 19.7. The molecule has 0 saturated carbocycles. The van der Waals surface area contributed by atoms with Crippen molar-refractivity contribution in [2.24, 2.45) is 0 Å². The molecule has 0 unspecified atom stereocenters. The molecule has 28 heavy (non-hydrogen) atoms. The van der Waals surface area contributed by atoms with Crippen molar-refractivity contribution >= 4 is 17.1 Å². The fourth-order valence-electron chi connectivity index (χ4n) is 3.44. The maximum absolute atomic E-state index is 12.7. The molecule has 0 atom stereocenters. The summed E-state index contributed by atoms with van der Waals surface area (Å²) in [5.41, 5.74) is 7.07. The number of benzene rings is 1. The second-order valence-corrected chi connectivity index (χ2v) is 7.10. The number of aromatic amines is 1. The van der Waals surface area contributed by atoms with Crippen LogP contribution in [0.2, 0.25) is 0 Å². The molecule has 4 rings (SSSR count). The largest absolute Gasteiger partial charge is 0.346 e. The number of carbonyl (C=O) groups is 1. The average molecular weight is 373 g/mol. The third-order valence-corrected chi connectivity index (χ3v) is 5.10. The molecule has 0 spiro atoms. The van der Waals surface area contributed by atoms with Crippen molar-refractivity contribution in [1.82, 2.24) is 25.1 Å². The SMILES string of the molecule is Cc1ccc(CNC(=O)n2nc(C)c(Cc3c[nH]c4ncccc34)c2C)cc1. The number of aromatic nitrogens is 4. The quantitative estimate of drug-likeness (QED) is 0.567. The van der Waals surface area contributed by atoms with Gasteiger partial charge >= 0.3 is 6.03 Å². The van der Waals surface area contributed by atoms with Gasteiger partial charge in [-0.15, -0.1) is 0 Å². The molecular weight excluding hydrogens is 350 g/mol. The second-order valence-electron chi connectivity index (χ2n) is 7.10. The summed E-state index contributed by atoms with van der Waals surface area (Å²) in [6, 6.07) is 11.9. The van der Waals surface area contributed by atoms with Gasteiger partial charge in [0.1, 0.15) is 5.65 Å². The predicted molar refractivity (Wildman–Crippen MR) is 109 cm³/mol. The van der Waals surface area contributed by atoms with Gasteiger partial charge in [-0.25, -0.2) is 9.78 Å². The Morgan fingerprint density at radius 1 is 1.14 bits per heavy atom. The Morgan fingerprint density at radius 3 is 2.71 bits per heavy atom. The van der Waals surface area contributed by atoms with Gasteiger partial charge in [-0.2, -0.15) is 9.78 Å². The molecule has 4 aromatic rings. The van der Waals surface area contributed by atoms with E-state index < -0.39 is 0 Å². The van der Waals surface area contributed by atoms with Crippen molar-refractivity contribution in [2.45, 2.75) is 33.7 Å². The van der Waals surface area contributed by atoms with E-state index in [1.165, 1.54) is 10.2 Å². The normalized spacial score (nSPS) is 11.1. The van der Waals surface area contributed by atoms with E-state index >= 15 is 0 Å². The summed E-state index contributed by atoms with van der Waals surface area (Å²) in [4.78, 5) is 20.2. The summed E-state index contributed by atoms with van der Waals surface area (Å²) in [6.45, 7) is 6.40.